The van der Waals surface area contributed by atoms with Crippen LogP contribution in [0.1, 0.15) is 28.4 Å². The van der Waals surface area contributed by atoms with Crippen molar-refractivity contribution in [2.45, 2.75) is 12.3 Å². The number of nitro groups is 1. The van der Waals surface area contributed by atoms with Crippen LogP contribution in [0.3, 0.4) is 0 Å². The molecule has 0 N–H and O–H groups in total. The van der Waals surface area contributed by atoms with Crippen molar-refractivity contribution in [2.75, 3.05) is 6.54 Å². The molecule has 0 saturated carbocycles. The van der Waals surface area contributed by atoms with E-state index in [1.54, 1.807) is 24.4 Å². The Hall–Kier alpha value is -2.08. The quantitative estimate of drug-likeness (QED) is 0.462. The third-order valence-corrected chi connectivity index (χ3v) is 3.47. The zero-order chi connectivity index (χ0) is 13.7. The molecule has 0 amide bonds. The van der Waals surface area contributed by atoms with Crippen LogP contribution in [0.4, 0.5) is 0 Å². The molecule has 0 spiro atoms. The minimum absolute atomic E-state index is 0.106. The lowest BCUT2D eigenvalue weighted by atomic mass is 9.95. The summed E-state index contributed by atoms with van der Waals surface area (Å²) in [6.07, 6.45) is 1.65. The van der Waals surface area contributed by atoms with E-state index in [-0.39, 0.29) is 23.7 Å². The van der Waals surface area contributed by atoms with Crippen LogP contribution in [-0.4, -0.2) is 22.2 Å². The number of ketones is 1. The van der Waals surface area contributed by atoms with E-state index in [1.165, 1.54) is 11.3 Å². The van der Waals surface area contributed by atoms with Crippen molar-refractivity contribution in [1.82, 2.24) is 4.98 Å². The van der Waals surface area contributed by atoms with Crippen LogP contribution in [0, 0.1) is 10.1 Å². The molecule has 2 rings (SSSR count). The van der Waals surface area contributed by atoms with Gasteiger partial charge in [-0.05, 0) is 34.5 Å². The SMILES string of the molecule is O=C(C[C@H](C[N+](=O)[O-])c1ccsc1)c1ccccn1. The number of hydrogen-bond acceptors (Lipinski definition) is 5. The first-order valence-corrected chi connectivity index (χ1v) is 6.69. The topological polar surface area (TPSA) is 73.1 Å². The predicted octanol–water partition coefficient (Wildman–Crippen LogP) is 2.78. The van der Waals surface area contributed by atoms with Crippen LogP contribution in [0.15, 0.2) is 41.2 Å². The van der Waals surface area contributed by atoms with Crippen molar-refractivity contribution in [3.8, 4) is 0 Å². The number of carbonyl (C=O) groups excluding carboxylic acids is 1. The third kappa shape index (κ3) is 3.69. The predicted molar refractivity (Wildman–Crippen MR) is 72.1 cm³/mol. The molecule has 0 aromatic carbocycles. The molecule has 0 bridgehead atoms. The smallest absolute Gasteiger partial charge is 0.211 e. The first kappa shape index (κ1) is 13.4. The molecule has 0 aliphatic carbocycles. The van der Waals surface area contributed by atoms with E-state index in [1.807, 2.05) is 16.8 Å². The number of rotatable bonds is 6. The number of carbonyl (C=O) groups is 1. The summed E-state index contributed by atoms with van der Waals surface area (Å²) < 4.78 is 0. The highest BCUT2D eigenvalue weighted by molar-refractivity contribution is 7.08. The fraction of sp³-hybridized carbons (Fsp3) is 0.231. The Morgan fingerprint density at radius 3 is 2.84 bits per heavy atom. The first-order valence-electron chi connectivity index (χ1n) is 5.75. The van der Waals surface area contributed by atoms with Gasteiger partial charge in [-0.2, -0.15) is 11.3 Å². The Morgan fingerprint density at radius 2 is 2.26 bits per heavy atom. The molecule has 0 aliphatic rings. The van der Waals surface area contributed by atoms with E-state index in [4.69, 9.17) is 0 Å². The van der Waals surface area contributed by atoms with Gasteiger partial charge in [-0.25, -0.2) is 0 Å². The maximum Gasteiger partial charge on any atom is 0.211 e. The molecular formula is C13H12N2O3S. The summed E-state index contributed by atoms with van der Waals surface area (Å²) in [5.41, 5.74) is 1.19. The van der Waals surface area contributed by atoms with Crippen LogP contribution in [0.5, 0.6) is 0 Å². The standard InChI is InChI=1S/C13H12N2O3S/c16-13(12-3-1-2-5-14-12)7-11(8-15(17)18)10-4-6-19-9-10/h1-6,9,11H,7-8H2/t11-/m1/s1. The largest absolute Gasteiger partial charge is 0.292 e. The normalized spacial score (nSPS) is 12.0. The fourth-order valence-corrected chi connectivity index (χ4v) is 2.57. The lowest BCUT2D eigenvalue weighted by molar-refractivity contribution is -0.483. The van der Waals surface area contributed by atoms with Gasteiger partial charge >= 0.3 is 0 Å². The van der Waals surface area contributed by atoms with Crippen molar-refractivity contribution in [2.24, 2.45) is 0 Å². The minimum atomic E-state index is -0.393. The van der Waals surface area contributed by atoms with Gasteiger partial charge in [0.15, 0.2) is 5.78 Å². The van der Waals surface area contributed by atoms with Crippen molar-refractivity contribution in [3.05, 3.63) is 62.6 Å². The molecule has 19 heavy (non-hydrogen) atoms. The van der Waals surface area contributed by atoms with Crippen LogP contribution < -0.4 is 0 Å². The van der Waals surface area contributed by atoms with Crippen molar-refractivity contribution in [1.29, 1.82) is 0 Å². The molecule has 5 nitrogen and oxygen atoms in total. The highest BCUT2D eigenvalue weighted by Crippen LogP contribution is 2.24. The minimum Gasteiger partial charge on any atom is -0.292 e. The van der Waals surface area contributed by atoms with Gasteiger partial charge in [0.05, 0.1) is 5.92 Å². The third-order valence-electron chi connectivity index (χ3n) is 2.77. The Bertz CT molecular complexity index is 555. The molecule has 2 aromatic heterocycles. The van der Waals surface area contributed by atoms with Gasteiger partial charge in [0.1, 0.15) is 5.69 Å². The summed E-state index contributed by atoms with van der Waals surface area (Å²) in [5, 5.41) is 14.4. The molecule has 0 aliphatic heterocycles. The average Bonchev–Trinajstić information content (AvgIpc) is 2.92. The Labute approximate surface area is 114 Å². The molecule has 98 valence electrons. The highest BCUT2D eigenvalue weighted by atomic mass is 32.1. The van der Waals surface area contributed by atoms with Crippen LogP contribution in [0.25, 0.3) is 0 Å². The number of nitrogens with zero attached hydrogens (tertiary/aromatic N) is 2. The summed E-state index contributed by atoms with van der Waals surface area (Å²) >= 11 is 1.47. The average molecular weight is 276 g/mol. The number of pyridine rings is 1. The molecular weight excluding hydrogens is 264 g/mol. The number of hydrogen-bond donors (Lipinski definition) is 0. The summed E-state index contributed by atoms with van der Waals surface area (Å²) in [7, 11) is 0. The Balaban J connectivity index is 2.12. The molecule has 2 heterocycles. The lowest BCUT2D eigenvalue weighted by Crippen LogP contribution is -2.16. The fourth-order valence-electron chi connectivity index (χ4n) is 1.83. The van der Waals surface area contributed by atoms with Gasteiger partial charge in [-0.1, -0.05) is 6.07 Å². The number of aromatic nitrogens is 1. The molecule has 0 saturated heterocycles. The van der Waals surface area contributed by atoms with E-state index in [9.17, 15) is 14.9 Å². The van der Waals surface area contributed by atoms with Crippen molar-refractivity contribution in [3.63, 3.8) is 0 Å². The highest BCUT2D eigenvalue weighted by Gasteiger charge is 2.22. The van der Waals surface area contributed by atoms with Gasteiger partial charge in [-0.15, -0.1) is 0 Å². The van der Waals surface area contributed by atoms with E-state index < -0.39 is 5.92 Å². The van der Waals surface area contributed by atoms with Crippen LogP contribution >= 0.6 is 11.3 Å². The molecule has 2 aromatic rings. The van der Waals surface area contributed by atoms with E-state index in [0.29, 0.717) is 5.69 Å². The molecule has 0 unspecified atom stereocenters. The number of thiophene rings is 1. The molecule has 1 atom stereocenters. The van der Waals surface area contributed by atoms with E-state index in [2.05, 4.69) is 4.98 Å². The van der Waals surface area contributed by atoms with Crippen LogP contribution in [-0.2, 0) is 0 Å². The van der Waals surface area contributed by atoms with E-state index in [0.717, 1.165) is 5.56 Å². The second-order valence-electron chi connectivity index (χ2n) is 4.11. The van der Waals surface area contributed by atoms with Gasteiger partial charge in [0.25, 0.3) is 0 Å². The summed E-state index contributed by atoms with van der Waals surface area (Å²) in [4.78, 5) is 26.3. The second kappa shape index (κ2) is 6.19. The van der Waals surface area contributed by atoms with Crippen molar-refractivity contribution < 1.29 is 9.72 Å². The summed E-state index contributed by atoms with van der Waals surface area (Å²) in [5.74, 6) is -0.561. The van der Waals surface area contributed by atoms with Crippen molar-refractivity contribution >= 4 is 17.1 Å². The molecule has 0 fully saturated rings. The monoisotopic (exact) mass is 276 g/mol. The zero-order valence-electron chi connectivity index (χ0n) is 10.1. The summed E-state index contributed by atoms with van der Waals surface area (Å²) in [6.45, 7) is -0.241. The van der Waals surface area contributed by atoms with Crippen LogP contribution in [0.2, 0.25) is 0 Å². The second-order valence-corrected chi connectivity index (χ2v) is 4.89. The van der Waals surface area contributed by atoms with Gasteiger partial charge in [0, 0.05) is 17.5 Å². The van der Waals surface area contributed by atoms with Gasteiger partial charge in [0.2, 0.25) is 6.54 Å². The maximum absolute atomic E-state index is 12.1. The first-order chi connectivity index (χ1) is 9.16. The Morgan fingerprint density at radius 1 is 1.42 bits per heavy atom. The van der Waals surface area contributed by atoms with E-state index >= 15 is 0 Å². The maximum atomic E-state index is 12.1. The lowest BCUT2D eigenvalue weighted by Gasteiger charge is -2.10. The zero-order valence-corrected chi connectivity index (χ0v) is 10.9. The Kier molecular flexibility index (Phi) is 4.35. The van der Waals surface area contributed by atoms with Gasteiger partial charge in [-0.3, -0.25) is 19.9 Å². The molecule has 0 radical (unpaired) electrons. The summed E-state index contributed by atoms with van der Waals surface area (Å²) in [6, 6.07) is 6.90. The van der Waals surface area contributed by atoms with Gasteiger partial charge < -0.3 is 0 Å². The molecule has 6 heteroatoms. The number of Topliss-reactive ketones (excluding diaryl/α,β-unsaturated/α-hetero) is 1.